The molecule has 1 aromatic heterocycles. The van der Waals surface area contributed by atoms with Crippen LogP contribution in [0.5, 0.6) is 5.75 Å². The monoisotopic (exact) mass is 329 g/mol. The minimum absolute atomic E-state index is 0.0438. The molecule has 6 heteroatoms. The number of hydrogen-bond acceptors (Lipinski definition) is 4. The number of benzene rings is 1. The first-order chi connectivity index (χ1) is 11.6. The summed E-state index contributed by atoms with van der Waals surface area (Å²) in [5.74, 6) is 1.66. The second kappa shape index (κ2) is 6.02. The van der Waals surface area contributed by atoms with Gasteiger partial charge in [-0.1, -0.05) is 0 Å². The number of methoxy groups -OCH3 is 1. The van der Waals surface area contributed by atoms with Crippen LogP contribution in [0.1, 0.15) is 41.4 Å². The maximum absolute atomic E-state index is 14.0. The number of H-pyrrole nitrogens is 1. The zero-order valence-corrected chi connectivity index (χ0v) is 13.6. The first-order valence-corrected chi connectivity index (χ1v) is 8.31. The van der Waals surface area contributed by atoms with Gasteiger partial charge in [0.2, 0.25) is 0 Å². The van der Waals surface area contributed by atoms with Crippen molar-refractivity contribution in [3.05, 3.63) is 57.0 Å². The molecule has 126 valence electrons. The molecule has 1 aliphatic heterocycles. The second-order valence-corrected chi connectivity index (χ2v) is 6.57. The molecule has 24 heavy (non-hydrogen) atoms. The van der Waals surface area contributed by atoms with E-state index in [1.165, 1.54) is 6.07 Å². The molecule has 5 nitrogen and oxygen atoms in total. The molecule has 1 fully saturated rings. The van der Waals surface area contributed by atoms with Crippen LogP contribution in [0.3, 0.4) is 0 Å². The van der Waals surface area contributed by atoms with Crippen molar-refractivity contribution in [2.45, 2.75) is 38.3 Å². The molecule has 0 atom stereocenters. The number of nitrogens with one attached hydrogen (secondary N) is 1. The van der Waals surface area contributed by atoms with E-state index in [0.717, 1.165) is 37.3 Å². The number of aromatic nitrogens is 2. The summed E-state index contributed by atoms with van der Waals surface area (Å²) in [6.07, 6.45) is 2.95. The summed E-state index contributed by atoms with van der Waals surface area (Å²) in [6, 6.07) is 4.74. The van der Waals surface area contributed by atoms with Gasteiger partial charge in [0.1, 0.15) is 17.4 Å². The molecule has 0 radical (unpaired) electrons. The maximum atomic E-state index is 14.0. The highest BCUT2D eigenvalue weighted by atomic mass is 19.1. The number of fused-ring (bicyclic) bond motifs is 1. The van der Waals surface area contributed by atoms with Crippen molar-refractivity contribution in [1.82, 2.24) is 14.9 Å². The van der Waals surface area contributed by atoms with Gasteiger partial charge in [-0.2, -0.15) is 0 Å². The molecule has 1 aliphatic carbocycles. The van der Waals surface area contributed by atoms with E-state index in [0.29, 0.717) is 35.9 Å². The van der Waals surface area contributed by atoms with Crippen LogP contribution in [0.2, 0.25) is 0 Å². The summed E-state index contributed by atoms with van der Waals surface area (Å²) in [5.41, 5.74) is 2.16. The Kier molecular flexibility index (Phi) is 3.84. The zero-order chi connectivity index (χ0) is 16.7. The highest BCUT2D eigenvalue weighted by Crippen LogP contribution is 2.37. The molecule has 1 aromatic carbocycles. The van der Waals surface area contributed by atoms with Gasteiger partial charge in [-0.3, -0.25) is 9.69 Å². The van der Waals surface area contributed by atoms with Gasteiger partial charge in [0.15, 0.2) is 0 Å². The first kappa shape index (κ1) is 15.3. The molecule has 2 aromatic rings. The summed E-state index contributed by atoms with van der Waals surface area (Å²) < 4.78 is 19.2. The molecule has 2 aliphatic rings. The van der Waals surface area contributed by atoms with E-state index in [1.807, 2.05) is 0 Å². The predicted molar refractivity (Wildman–Crippen MR) is 87.6 cm³/mol. The van der Waals surface area contributed by atoms with Crippen molar-refractivity contribution in [3.63, 3.8) is 0 Å². The zero-order valence-electron chi connectivity index (χ0n) is 13.6. The number of rotatable bonds is 4. The lowest BCUT2D eigenvalue weighted by Gasteiger charge is -2.28. The summed E-state index contributed by atoms with van der Waals surface area (Å²) in [6.45, 7) is 1.72. The fourth-order valence-corrected chi connectivity index (χ4v) is 3.23. The van der Waals surface area contributed by atoms with Crippen LogP contribution in [0.4, 0.5) is 4.39 Å². The maximum Gasteiger partial charge on any atom is 0.255 e. The summed E-state index contributed by atoms with van der Waals surface area (Å²) >= 11 is 0. The normalized spacial score (nSPS) is 17.6. The quantitative estimate of drug-likeness (QED) is 0.935. The molecule has 4 rings (SSSR count). The smallest absolute Gasteiger partial charge is 0.255 e. The number of hydrogen-bond donors (Lipinski definition) is 1. The lowest BCUT2D eigenvalue weighted by atomic mass is 10.1. The number of nitrogens with zero attached hydrogens (tertiary/aromatic N) is 2. The second-order valence-electron chi connectivity index (χ2n) is 6.57. The SMILES string of the molecule is COc1ccc(F)c(CN2CCc3nc(C4CC4)[nH]c(=O)c3C2)c1. The predicted octanol–water partition coefficient (Wildman–Crippen LogP) is 2.35. The topological polar surface area (TPSA) is 58.2 Å². The standard InChI is InChI=1S/C18H20FN3O2/c1-24-13-4-5-15(19)12(8-13)9-22-7-6-16-14(10-22)18(23)21-17(20-16)11-2-3-11/h4-5,8,11H,2-3,6-7,9-10H2,1H3,(H,20,21,23). The molecule has 1 N–H and O–H groups in total. The van der Waals surface area contributed by atoms with Crippen molar-refractivity contribution >= 4 is 0 Å². The third kappa shape index (κ3) is 2.94. The van der Waals surface area contributed by atoms with Crippen molar-refractivity contribution in [2.24, 2.45) is 0 Å². The number of ether oxygens (including phenoxy) is 1. The third-order valence-electron chi connectivity index (χ3n) is 4.78. The van der Waals surface area contributed by atoms with Crippen LogP contribution in [0.25, 0.3) is 0 Å². The molecule has 0 amide bonds. The Hall–Kier alpha value is -2.21. The Balaban J connectivity index is 1.55. The lowest BCUT2D eigenvalue weighted by molar-refractivity contribution is 0.237. The molecule has 0 spiro atoms. The van der Waals surface area contributed by atoms with Gasteiger partial charge in [-0.05, 0) is 31.0 Å². The Labute approximate surface area is 139 Å². The van der Waals surface area contributed by atoms with Crippen LogP contribution >= 0.6 is 0 Å². The molecule has 1 saturated carbocycles. The highest BCUT2D eigenvalue weighted by molar-refractivity contribution is 5.30. The van der Waals surface area contributed by atoms with Gasteiger partial charge in [-0.25, -0.2) is 9.37 Å². The van der Waals surface area contributed by atoms with Gasteiger partial charge >= 0.3 is 0 Å². The van der Waals surface area contributed by atoms with E-state index >= 15 is 0 Å². The van der Waals surface area contributed by atoms with Crippen molar-refractivity contribution < 1.29 is 9.13 Å². The molecular weight excluding hydrogens is 309 g/mol. The number of halogens is 1. The average molecular weight is 329 g/mol. The van der Waals surface area contributed by atoms with Gasteiger partial charge in [-0.15, -0.1) is 0 Å². The van der Waals surface area contributed by atoms with E-state index in [9.17, 15) is 9.18 Å². The van der Waals surface area contributed by atoms with E-state index < -0.39 is 0 Å². The Morgan fingerprint density at radius 1 is 1.42 bits per heavy atom. The first-order valence-electron chi connectivity index (χ1n) is 8.31. The van der Waals surface area contributed by atoms with E-state index in [1.54, 1.807) is 19.2 Å². The van der Waals surface area contributed by atoms with Crippen LogP contribution < -0.4 is 10.3 Å². The van der Waals surface area contributed by atoms with Crippen LogP contribution in [0, 0.1) is 5.82 Å². The highest BCUT2D eigenvalue weighted by Gasteiger charge is 2.29. The van der Waals surface area contributed by atoms with Crippen LogP contribution in [-0.4, -0.2) is 28.5 Å². The van der Waals surface area contributed by atoms with Gasteiger partial charge < -0.3 is 9.72 Å². The third-order valence-corrected chi connectivity index (χ3v) is 4.78. The molecular formula is C18H20FN3O2. The Morgan fingerprint density at radius 3 is 3.00 bits per heavy atom. The van der Waals surface area contributed by atoms with Crippen molar-refractivity contribution in [1.29, 1.82) is 0 Å². The van der Waals surface area contributed by atoms with E-state index in [-0.39, 0.29) is 11.4 Å². The summed E-state index contributed by atoms with van der Waals surface area (Å²) in [5, 5.41) is 0. The van der Waals surface area contributed by atoms with Gasteiger partial charge in [0, 0.05) is 37.5 Å². The Morgan fingerprint density at radius 2 is 2.25 bits per heavy atom. The molecule has 0 unspecified atom stereocenters. The number of aromatic amines is 1. The molecule has 0 bridgehead atoms. The van der Waals surface area contributed by atoms with E-state index in [2.05, 4.69) is 14.9 Å². The minimum atomic E-state index is -0.252. The summed E-state index contributed by atoms with van der Waals surface area (Å²) in [7, 11) is 1.57. The lowest BCUT2D eigenvalue weighted by Crippen LogP contribution is -2.36. The van der Waals surface area contributed by atoms with Gasteiger partial charge in [0.25, 0.3) is 5.56 Å². The van der Waals surface area contributed by atoms with Crippen LogP contribution in [-0.2, 0) is 19.5 Å². The van der Waals surface area contributed by atoms with Crippen molar-refractivity contribution in [3.8, 4) is 5.75 Å². The van der Waals surface area contributed by atoms with E-state index in [4.69, 9.17) is 4.74 Å². The van der Waals surface area contributed by atoms with Crippen LogP contribution in [0.15, 0.2) is 23.0 Å². The Bertz CT molecular complexity index is 829. The fourth-order valence-electron chi connectivity index (χ4n) is 3.23. The largest absolute Gasteiger partial charge is 0.497 e. The summed E-state index contributed by atoms with van der Waals surface area (Å²) in [4.78, 5) is 22.0. The van der Waals surface area contributed by atoms with Gasteiger partial charge in [0.05, 0.1) is 18.4 Å². The molecule has 2 heterocycles. The fraction of sp³-hybridized carbons (Fsp3) is 0.444. The minimum Gasteiger partial charge on any atom is -0.497 e. The average Bonchev–Trinajstić information content (AvgIpc) is 3.42. The van der Waals surface area contributed by atoms with Crippen molar-refractivity contribution in [2.75, 3.05) is 13.7 Å². The molecule has 0 saturated heterocycles.